The van der Waals surface area contributed by atoms with Gasteiger partial charge in [0.2, 0.25) is 5.75 Å². The number of phenols is 1. The second-order valence-corrected chi connectivity index (χ2v) is 5.86. The van der Waals surface area contributed by atoms with Crippen molar-refractivity contribution in [2.75, 3.05) is 6.61 Å². The van der Waals surface area contributed by atoms with Gasteiger partial charge in [0.1, 0.15) is 5.75 Å². The zero-order chi connectivity index (χ0) is 19.3. The van der Waals surface area contributed by atoms with Gasteiger partial charge in [0.15, 0.2) is 6.61 Å². The number of nitrogens with zero attached hydrogens (tertiary/aromatic N) is 2. The SMILES string of the molecule is Cc1cccc(C)c1OCC(=O)N/N=C/c1cc(Cl)cc([N+](=O)[O-])c1O. The topological polar surface area (TPSA) is 114 Å². The van der Waals surface area contributed by atoms with Crippen LogP contribution in [0.5, 0.6) is 11.5 Å². The van der Waals surface area contributed by atoms with Crippen LogP contribution in [0.15, 0.2) is 35.4 Å². The van der Waals surface area contributed by atoms with Gasteiger partial charge in [-0.25, -0.2) is 5.43 Å². The van der Waals surface area contributed by atoms with Crippen LogP contribution < -0.4 is 10.2 Å². The van der Waals surface area contributed by atoms with Crippen molar-refractivity contribution in [1.29, 1.82) is 0 Å². The summed E-state index contributed by atoms with van der Waals surface area (Å²) in [6.07, 6.45) is 1.06. The van der Waals surface area contributed by atoms with Gasteiger partial charge in [-0.3, -0.25) is 14.9 Å². The number of phenolic OH excluding ortho intramolecular Hbond substituents is 1. The molecule has 0 spiro atoms. The van der Waals surface area contributed by atoms with E-state index in [9.17, 15) is 20.0 Å². The van der Waals surface area contributed by atoms with Crippen LogP contribution in [0.3, 0.4) is 0 Å². The summed E-state index contributed by atoms with van der Waals surface area (Å²) in [5, 5.41) is 24.4. The van der Waals surface area contributed by atoms with Crippen molar-refractivity contribution < 1.29 is 19.6 Å². The van der Waals surface area contributed by atoms with Crippen molar-refractivity contribution >= 4 is 29.4 Å². The van der Waals surface area contributed by atoms with Crippen molar-refractivity contribution in [2.45, 2.75) is 13.8 Å². The number of hydrazone groups is 1. The normalized spacial score (nSPS) is 10.7. The third-order valence-electron chi connectivity index (χ3n) is 3.43. The third-order valence-corrected chi connectivity index (χ3v) is 3.65. The maximum absolute atomic E-state index is 11.8. The number of benzene rings is 2. The predicted molar refractivity (Wildman–Crippen MR) is 96.9 cm³/mol. The van der Waals surface area contributed by atoms with Crippen molar-refractivity contribution in [2.24, 2.45) is 5.10 Å². The predicted octanol–water partition coefficient (Wildman–Crippen LogP) is 3.10. The van der Waals surface area contributed by atoms with Gasteiger partial charge in [-0.15, -0.1) is 0 Å². The number of ether oxygens (including phenoxy) is 1. The van der Waals surface area contributed by atoms with Crippen LogP contribution in [0.25, 0.3) is 0 Å². The molecule has 0 saturated carbocycles. The molecule has 0 saturated heterocycles. The molecule has 0 radical (unpaired) electrons. The molecule has 0 aliphatic rings. The molecule has 0 atom stereocenters. The average molecular weight is 378 g/mol. The maximum atomic E-state index is 11.8. The number of hydrogen-bond acceptors (Lipinski definition) is 6. The first-order valence-corrected chi connectivity index (χ1v) is 7.85. The van der Waals surface area contributed by atoms with E-state index in [0.29, 0.717) is 5.75 Å². The number of aryl methyl sites for hydroxylation is 2. The summed E-state index contributed by atoms with van der Waals surface area (Å²) in [7, 11) is 0. The van der Waals surface area contributed by atoms with Gasteiger partial charge >= 0.3 is 5.69 Å². The van der Waals surface area contributed by atoms with Gasteiger partial charge in [0, 0.05) is 16.7 Å². The maximum Gasteiger partial charge on any atom is 0.312 e. The number of amides is 1. The molecule has 9 heteroatoms. The Morgan fingerprint density at radius 3 is 2.65 bits per heavy atom. The number of carbonyl (C=O) groups is 1. The highest BCUT2D eigenvalue weighted by molar-refractivity contribution is 6.31. The number of halogens is 1. The first kappa shape index (κ1) is 19.2. The Kier molecular flexibility index (Phi) is 6.13. The van der Waals surface area contributed by atoms with Crippen LogP contribution >= 0.6 is 11.6 Å². The quantitative estimate of drug-likeness (QED) is 0.456. The van der Waals surface area contributed by atoms with Crippen molar-refractivity contribution in [3.63, 3.8) is 0 Å². The largest absolute Gasteiger partial charge is 0.502 e. The minimum absolute atomic E-state index is 0.000154. The number of nitro groups is 1. The molecule has 0 aliphatic heterocycles. The van der Waals surface area contributed by atoms with Gasteiger partial charge in [-0.2, -0.15) is 5.10 Å². The van der Waals surface area contributed by atoms with Crippen LogP contribution in [0.1, 0.15) is 16.7 Å². The van der Waals surface area contributed by atoms with E-state index in [0.717, 1.165) is 23.4 Å². The summed E-state index contributed by atoms with van der Waals surface area (Å²) in [6.45, 7) is 3.48. The van der Waals surface area contributed by atoms with Gasteiger partial charge in [0.05, 0.1) is 11.1 Å². The van der Waals surface area contributed by atoms with E-state index < -0.39 is 22.3 Å². The first-order chi connectivity index (χ1) is 12.3. The summed E-state index contributed by atoms with van der Waals surface area (Å²) >= 11 is 5.77. The number of hydrogen-bond donors (Lipinski definition) is 2. The molecule has 0 aromatic heterocycles. The highest BCUT2D eigenvalue weighted by Crippen LogP contribution is 2.32. The Bertz CT molecular complexity index is 863. The van der Waals surface area contributed by atoms with Crippen molar-refractivity contribution in [1.82, 2.24) is 5.43 Å². The van der Waals surface area contributed by atoms with Crippen molar-refractivity contribution in [3.05, 3.63) is 62.2 Å². The highest BCUT2D eigenvalue weighted by atomic mass is 35.5. The molecule has 136 valence electrons. The van der Waals surface area contributed by atoms with Crippen LogP contribution in [0.4, 0.5) is 5.69 Å². The number of rotatable bonds is 6. The minimum atomic E-state index is -0.768. The summed E-state index contributed by atoms with van der Waals surface area (Å²) in [5.41, 5.74) is 3.47. The average Bonchev–Trinajstić information content (AvgIpc) is 2.57. The molecule has 2 aromatic carbocycles. The van der Waals surface area contributed by atoms with Gasteiger partial charge in [-0.1, -0.05) is 29.8 Å². The van der Waals surface area contributed by atoms with E-state index in [1.54, 1.807) is 0 Å². The fourth-order valence-electron chi connectivity index (χ4n) is 2.21. The lowest BCUT2D eigenvalue weighted by Gasteiger charge is -2.10. The van der Waals surface area contributed by atoms with Crippen molar-refractivity contribution in [3.8, 4) is 11.5 Å². The van der Waals surface area contributed by atoms with Gasteiger partial charge in [-0.05, 0) is 31.0 Å². The summed E-state index contributed by atoms with van der Waals surface area (Å²) < 4.78 is 5.48. The van der Waals surface area contributed by atoms with E-state index >= 15 is 0 Å². The molecule has 0 unspecified atom stereocenters. The lowest BCUT2D eigenvalue weighted by atomic mass is 10.1. The third kappa shape index (κ3) is 4.70. The molecule has 0 fully saturated rings. The van der Waals surface area contributed by atoms with Crippen LogP contribution in [0, 0.1) is 24.0 Å². The van der Waals surface area contributed by atoms with E-state index in [-0.39, 0.29) is 17.2 Å². The molecule has 8 nitrogen and oxygen atoms in total. The fraction of sp³-hybridized carbons (Fsp3) is 0.176. The van der Waals surface area contributed by atoms with E-state index in [1.807, 2.05) is 32.0 Å². The van der Waals surface area contributed by atoms with E-state index in [4.69, 9.17) is 16.3 Å². The minimum Gasteiger partial charge on any atom is -0.502 e. The van der Waals surface area contributed by atoms with E-state index in [2.05, 4.69) is 10.5 Å². The van der Waals surface area contributed by atoms with Gasteiger partial charge < -0.3 is 9.84 Å². The smallest absolute Gasteiger partial charge is 0.312 e. The molecule has 0 bridgehead atoms. The molecule has 2 aromatic rings. The molecule has 0 heterocycles. The molecule has 26 heavy (non-hydrogen) atoms. The van der Waals surface area contributed by atoms with Gasteiger partial charge in [0.25, 0.3) is 5.91 Å². The molecular weight excluding hydrogens is 362 g/mol. The van der Waals surface area contributed by atoms with Crippen LogP contribution in [-0.2, 0) is 4.79 Å². The molecule has 0 aliphatic carbocycles. The lowest BCUT2D eigenvalue weighted by molar-refractivity contribution is -0.385. The zero-order valence-electron chi connectivity index (χ0n) is 14.0. The highest BCUT2D eigenvalue weighted by Gasteiger charge is 2.17. The Balaban J connectivity index is 2.00. The van der Waals surface area contributed by atoms with Crippen LogP contribution in [0.2, 0.25) is 5.02 Å². The summed E-state index contributed by atoms with van der Waals surface area (Å²) in [5.74, 6) is -0.501. The van der Waals surface area contributed by atoms with E-state index in [1.165, 1.54) is 6.07 Å². The molecule has 1 amide bonds. The fourth-order valence-corrected chi connectivity index (χ4v) is 2.43. The molecule has 2 N–H and O–H groups in total. The number of aromatic hydroxyl groups is 1. The Morgan fingerprint density at radius 1 is 1.38 bits per heavy atom. The molecule has 2 rings (SSSR count). The number of carbonyl (C=O) groups excluding carboxylic acids is 1. The Hall–Kier alpha value is -3.13. The molecular formula is C17H16ClN3O5. The Labute approximate surface area is 154 Å². The standard InChI is InChI=1S/C17H16ClN3O5/c1-10-4-3-5-11(2)17(10)26-9-15(22)20-19-8-12-6-13(18)7-14(16(12)23)21(24)25/h3-8,23H,9H2,1-2H3,(H,20,22)/b19-8+. The lowest BCUT2D eigenvalue weighted by Crippen LogP contribution is -2.25. The second-order valence-electron chi connectivity index (χ2n) is 5.42. The summed E-state index contributed by atoms with van der Waals surface area (Å²) in [4.78, 5) is 21.9. The number of nitro benzene ring substituents is 1. The Morgan fingerprint density at radius 2 is 2.04 bits per heavy atom. The number of nitrogens with one attached hydrogen (secondary N) is 1. The first-order valence-electron chi connectivity index (χ1n) is 7.47. The summed E-state index contributed by atoms with van der Waals surface area (Å²) in [6, 6.07) is 7.93. The zero-order valence-corrected chi connectivity index (χ0v) is 14.8. The monoisotopic (exact) mass is 377 g/mol. The second kappa shape index (κ2) is 8.30. The number of para-hydroxylation sites is 1. The van der Waals surface area contributed by atoms with Crippen LogP contribution in [-0.4, -0.2) is 28.8 Å².